The third kappa shape index (κ3) is 4.25. The molecule has 0 spiro atoms. The van der Waals surface area contributed by atoms with Gasteiger partial charge in [0.15, 0.2) is 0 Å². The van der Waals surface area contributed by atoms with E-state index in [1.165, 1.54) is 32.4 Å². The van der Waals surface area contributed by atoms with Crippen LogP contribution in [-0.2, 0) is 4.74 Å². The van der Waals surface area contributed by atoms with Crippen LogP contribution >= 0.6 is 0 Å². The highest BCUT2D eigenvalue weighted by molar-refractivity contribution is 4.70. The maximum atomic E-state index is 5.25. The molecular formula is C12H24NO+. The Morgan fingerprint density at radius 3 is 2.71 bits per heavy atom. The van der Waals surface area contributed by atoms with Gasteiger partial charge in [-0.2, -0.15) is 0 Å². The Hall–Kier alpha value is -0.340. The molecule has 82 valence electrons. The van der Waals surface area contributed by atoms with Gasteiger partial charge in [-0.05, 0) is 12.5 Å². The molecule has 1 fully saturated rings. The fourth-order valence-electron chi connectivity index (χ4n) is 1.84. The number of likely N-dealkylation sites (N-methyl/N-ethyl adjacent to an activating group) is 1. The van der Waals surface area contributed by atoms with Gasteiger partial charge < -0.3 is 9.22 Å². The lowest BCUT2D eigenvalue weighted by atomic mass is 10.2. The normalized spacial score (nSPS) is 24.3. The van der Waals surface area contributed by atoms with Gasteiger partial charge in [-0.15, -0.1) is 0 Å². The van der Waals surface area contributed by atoms with E-state index in [4.69, 9.17) is 4.74 Å². The molecular weight excluding hydrogens is 174 g/mol. The molecule has 1 saturated heterocycles. The molecule has 2 nitrogen and oxygen atoms in total. The van der Waals surface area contributed by atoms with Crippen LogP contribution in [0.25, 0.3) is 0 Å². The number of epoxide rings is 1. The summed E-state index contributed by atoms with van der Waals surface area (Å²) in [5.41, 5.74) is 0. The summed E-state index contributed by atoms with van der Waals surface area (Å²) in [6, 6.07) is 0. The lowest BCUT2D eigenvalue weighted by Gasteiger charge is -2.33. The summed E-state index contributed by atoms with van der Waals surface area (Å²) in [4.78, 5) is 0. The average Bonchev–Trinajstić information content (AvgIpc) is 2.96. The predicted molar refractivity (Wildman–Crippen MR) is 60.2 cm³/mol. The number of ether oxygens (including phenoxy) is 1. The lowest BCUT2D eigenvalue weighted by molar-refractivity contribution is -0.904. The van der Waals surface area contributed by atoms with Gasteiger partial charge in [-0.3, -0.25) is 0 Å². The maximum absolute atomic E-state index is 5.25. The minimum absolute atomic E-state index is 0.568. The van der Waals surface area contributed by atoms with Crippen molar-refractivity contribution >= 4 is 0 Å². The fourth-order valence-corrected chi connectivity index (χ4v) is 1.84. The monoisotopic (exact) mass is 198 g/mol. The number of unbranched alkanes of at least 4 members (excludes halogenated alkanes) is 1. The van der Waals surface area contributed by atoms with E-state index in [1.54, 1.807) is 0 Å². The molecule has 1 heterocycles. The first-order chi connectivity index (χ1) is 6.70. The Labute approximate surface area is 88.1 Å². The molecule has 14 heavy (non-hydrogen) atoms. The molecule has 2 unspecified atom stereocenters. The topological polar surface area (TPSA) is 12.5 Å². The molecule has 1 aliphatic heterocycles. The summed E-state index contributed by atoms with van der Waals surface area (Å²) in [6.45, 7) is 10.7. The van der Waals surface area contributed by atoms with Gasteiger partial charge in [0.2, 0.25) is 0 Å². The second-order valence-electron chi connectivity index (χ2n) is 4.64. The molecule has 0 saturated carbocycles. The highest BCUT2D eigenvalue weighted by atomic mass is 16.6. The predicted octanol–water partition coefficient (Wildman–Crippen LogP) is 2.21. The van der Waals surface area contributed by atoms with Crippen LogP contribution in [-0.4, -0.2) is 43.9 Å². The number of hydrogen-bond acceptors (Lipinski definition) is 1. The first kappa shape index (κ1) is 11.7. The van der Waals surface area contributed by atoms with Crippen molar-refractivity contribution in [3.8, 4) is 0 Å². The summed E-state index contributed by atoms with van der Waals surface area (Å²) >= 11 is 0. The Morgan fingerprint density at radius 1 is 1.50 bits per heavy atom. The van der Waals surface area contributed by atoms with Crippen LogP contribution in [0, 0.1) is 0 Å². The van der Waals surface area contributed by atoms with Crippen LogP contribution in [0.1, 0.15) is 26.2 Å². The van der Waals surface area contributed by atoms with Gasteiger partial charge in [-0.1, -0.05) is 19.9 Å². The molecule has 0 aliphatic carbocycles. The second kappa shape index (κ2) is 5.52. The average molecular weight is 198 g/mol. The highest BCUT2D eigenvalue weighted by Gasteiger charge is 2.27. The molecule has 0 aromatic carbocycles. The Bertz CT molecular complexity index is 177. The van der Waals surface area contributed by atoms with Gasteiger partial charge in [0.05, 0.1) is 39.4 Å². The van der Waals surface area contributed by atoms with E-state index in [1.807, 2.05) is 6.08 Å². The van der Waals surface area contributed by atoms with Crippen LogP contribution in [0.5, 0.6) is 0 Å². The minimum Gasteiger partial charge on any atom is -0.373 e. The Morgan fingerprint density at radius 2 is 2.21 bits per heavy atom. The number of nitrogens with zero attached hydrogens (tertiary/aromatic N) is 1. The van der Waals surface area contributed by atoms with E-state index >= 15 is 0 Å². The van der Waals surface area contributed by atoms with E-state index in [-0.39, 0.29) is 0 Å². The van der Waals surface area contributed by atoms with Crippen molar-refractivity contribution in [2.24, 2.45) is 0 Å². The van der Waals surface area contributed by atoms with Crippen LogP contribution in [0.4, 0.5) is 0 Å². The molecule has 0 aromatic heterocycles. The summed E-state index contributed by atoms with van der Waals surface area (Å²) < 4.78 is 6.39. The number of rotatable bonds is 8. The van der Waals surface area contributed by atoms with Gasteiger partial charge in [-0.25, -0.2) is 0 Å². The standard InChI is InChI=1S/C12H24NO/c1-4-6-9-13(3,8-5-2)10-7-12-11-14-12/h5,12H,2,4,6-11H2,1,3H3/q+1. The fraction of sp³-hybridized carbons (Fsp3) is 0.833. The molecule has 2 heteroatoms. The second-order valence-corrected chi connectivity index (χ2v) is 4.64. The molecule has 1 rings (SSSR count). The smallest absolute Gasteiger partial charge is 0.0969 e. The first-order valence-electron chi connectivity index (χ1n) is 5.76. The van der Waals surface area contributed by atoms with Crippen molar-refractivity contribution in [1.29, 1.82) is 0 Å². The summed E-state index contributed by atoms with van der Waals surface area (Å²) in [7, 11) is 2.33. The number of quaternary nitrogens is 1. The molecule has 0 radical (unpaired) electrons. The molecule has 0 aromatic rings. The van der Waals surface area contributed by atoms with Crippen LogP contribution in [0.15, 0.2) is 12.7 Å². The zero-order chi connectivity index (χ0) is 10.4. The van der Waals surface area contributed by atoms with E-state index in [9.17, 15) is 0 Å². The van der Waals surface area contributed by atoms with Crippen molar-refractivity contribution < 1.29 is 9.22 Å². The minimum atomic E-state index is 0.568. The SMILES string of the molecule is C=CC[N+](C)(CCCC)CCC1CO1. The van der Waals surface area contributed by atoms with E-state index in [0.717, 1.165) is 17.6 Å². The van der Waals surface area contributed by atoms with Crippen LogP contribution in [0.3, 0.4) is 0 Å². The van der Waals surface area contributed by atoms with Crippen LogP contribution < -0.4 is 0 Å². The third-order valence-electron chi connectivity index (χ3n) is 3.01. The van der Waals surface area contributed by atoms with Gasteiger partial charge in [0, 0.05) is 6.42 Å². The summed E-state index contributed by atoms with van der Waals surface area (Å²) in [5.74, 6) is 0. The number of hydrogen-bond donors (Lipinski definition) is 0. The van der Waals surface area contributed by atoms with Crippen molar-refractivity contribution in [2.45, 2.75) is 32.3 Å². The van der Waals surface area contributed by atoms with Crippen molar-refractivity contribution in [3.63, 3.8) is 0 Å². The Balaban J connectivity index is 2.28. The Kier molecular flexibility index (Phi) is 4.63. The molecule has 0 N–H and O–H groups in total. The maximum Gasteiger partial charge on any atom is 0.0969 e. The largest absolute Gasteiger partial charge is 0.373 e. The van der Waals surface area contributed by atoms with Crippen molar-refractivity contribution in [2.75, 3.05) is 33.3 Å². The third-order valence-corrected chi connectivity index (χ3v) is 3.01. The molecule has 2 atom stereocenters. The van der Waals surface area contributed by atoms with Crippen molar-refractivity contribution in [1.82, 2.24) is 0 Å². The summed E-state index contributed by atoms with van der Waals surface area (Å²) in [6.07, 6.45) is 6.43. The van der Waals surface area contributed by atoms with E-state index in [0.29, 0.717) is 6.10 Å². The lowest BCUT2D eigenvalue weighted by Crippen LogP contribution is -2.46. The first-order valence-corrected chi connectivity index (χ1v) is 5.76. The zero-order valence-electron chi connectivity index (χ0n) is 9.67. The molecule has 0 bridgehead atoms. The van der Waals surface area contributed by atoms with Crippen molar-refractivity contribution in [3.05, 3.63) is 12.7 Å². The molecule has 0 amide bonds. The van der Waals surface area contributed by atoms with Crippen LogP contribution in [0.2, 0.25) is 0 Å². The van der Waals surface area contributed by atoms with Gasteiger partial charge in [0.25, 0.3) is 0 Å². The van der Waals surface area contributed by atoms with E-state index < -0.39 is 0 Å². The highest BCUT2D eigenvalue weighted by Crippen LogP contribution is 2.17. The zero-order valence-corrected chi connectivity index (χ0v) is 9.67. The van der Waals surface area contributed by atoms with Gasteiger partial charge >= 0.3 is 0 Å². The quantitative estimate of drug-likeness (QED) is 0.331. The van der Waals surface area contributed by atoms with E-state index in [2.05, 4.69) is 20.6 Å². The molecule has 1 aliphatic rings. The summed E-state index contributed by atoms with van der Waals surface area (Å²) in [5, 5.41) is 0. The van der Waals surface area contributed by atoms with Gasteiger partial charge in [0.1, 0.15) is 0 Å².